The molecule has 1 aliphatic carbocycles. The molecule has 2 heteroatoms. The Bertz CT molecular complexity index is 292. The lowest BCUT2D eigenvalue weighted by atomic mass is 9.92. The first-order chi connectivity index (χ1) is 7.36. The molecule has 0 radical (unpaired) electrons. The van der Waals surface area contributed by atoms with Crippen molar-refractivity contribution in [2.45, 2.75) is 44.9 Å². The second-order valence-corrected chi connectivity index (χ2v) is 4.34. The third-order valence-electron chi connectivity index (χ3n) is 3.08. The molecule has 1 saturated carbocycles. The van der Waals surface area contributed by atoms with Gasteiger partial charge in [0, 0.05) is 5.57 Å². The smallest absolute Gasteiger partial charge is 0.184 e. The van der Waals surface area contributed by atoms with Crippen molar-refractivity contribution in [3.05, 3.63) is 23.5 Å². The predicted molar refractivity (Wildman–Crippen MR) is 59.4 cm³/mol. The van der Waals surface area contributed by atoms with Crippen molar-refractivity contribution < 1.29 is 9.53 Å². The molecular weight excluding hydrogens is 188 g/mol. The molecule has 0 unspecified atom stereocenters. The van der Waals surface area contributed by atoms with Gasteiger partial charge in [-0.05, 0) is 44.6 Å². The van der Waals surface area contributed by atoms with E-state index in [1.807, 2.05) is 6.08 Å². The first kappa shape index (κ1) is 10.5. The molecule has 82 valence electrons. The van der Waals surface area contributed by atoms with E-state index in [-0.39, 0.29) is 5.78 Å². The van der Waals surface area contributed by atoms with E-state index in [0.717, 1.165) is 37.9 Å². The van der Waals surface area contributed by atoms with Gasteiger partial charge in [-0.25, -0.2) is 0 Å². The van der Waals surface area contributed by atoms with Gasteiger partial charge < -0.3 is 4.74 Å². The van der Waals surface area contributed by atoms with Gasteiger partial charge in [0.05, 0.1) is 12.9 Å². The Balaban J connectivity index is 1.97. The number of rotatable bonds is 2. The summed E-state index contributed by atoms with van der Waals surface area (Å²) >= 11 is 0. The summed E-state index contributed by atoms with van der Waals surface area (Å²) in [5.74, 6) is 0.173. The molecule has 1 aliphatic heterocycles. The van der Waals surface area contributed by atoms with E-state index in [0.29, 0.717) is 0 Å². The summed E-state index contributed by atoms with van der Waals surface area (Å²) < 4.78 is 5.18. The van der Waals surface area contributed by atoms with Crippen LogP contribution in [0.4, 0.5) is 0 Å². The fourth-order valence-corrected chi connectivity index (χ4v) is 2.17. The molecule has 0 spiro atoms. The van der Waals surface area contributed by atoms with Crippen LogP contribution in [0.2, 0.25) is 0 Å². The van der Waals surface area contributed by atoms with Crippen molar-refractivity contribution in [2.24, 2.45) is 0 Å². The van der Waals surface area contributed by atoms with Gasteiger partial charge in [-0.2, -0.15) is 0 Å². The van der Waals surface area contributed by atoms with Crippen LogP contribution >= 0.6 is 0 Å². The minimum absolute atomic E-state index is 0.173. The van der Waals surface area contributed by atoms with Gasteiger partial charge in [0.1, 0.15) is 0 Å². The zero-order valence-corrected chi connectivity index (χ0v) is 9.13. The molecule has 0 aromatic rings. The highest BCUT2D eigenvalue weighted by Crippen LogP contribution is 2.24. The minimum Gasteiger partial charge on any atom is -0.501 e. The molecule has 0 bridgehead atoms. The van der Waals surface area contributed by atoms with Crippen LogP contribution in [0.1, 0.15) is 44.9 Å². The molecule has 0 aromatic heterocycles. The molecule has 0 amide bonds. The summed E-state index contributed by atoms with van der Waals surface area (Å²) in [6, 6.07) is 0. The first-order valence-electron chi connectivity index (χ1n) is 5.91. The van der Waals surface area contributed by atoms with E-state index in [4.69, 9.17) is 4.74 Å². The van der Waals surface area contributed by atoms with Crippen LogP contribution in [0.5, 0.6) is 0 Å². The summed E-state index contributed by atoms with van der Waals surface area (Å²) in [4.78, 5) is 11.8. The van der Waals surface area contributed by atoms with Crippen LogP contribution < -0.4 is 0 Å². The lowest BCUT2D eigenvalue weighted by Crippen LogP contribution is -2.08. The number of carbonyl (C=O) groups is 1. The maximum Gasteiger partial charge on any atom is 0.184 e. The molecule has 0 saturated heterocycles. The zero-order valence-electron chi connectivity index (χ0n) is 9.13. The van der Waals surface area contributed by atoms with Crippen LogP contribution in [-0.4, -0.2) is 12.4 Å². The molecule has 1 fully saturated rings. The van der Waals surface area contributed by atoms with Gasteiger partial charge in [0.15, 0.2) is 5.78 Å². The molecule has 0 aromatic carbocycles. The Labute approximate surface area is 91.0 Å². The fourth-order valence-electron chi connectivity index (χ4n) is 2.17. The highest BCUT2D eigenvalue weighted by Gasteiger charge is 2.13. The van der Waals surface area contributed by atoms with E-state index in [2.05, 4.69) is 0 Å². The number of carbonyl (C=O) groups excluding carboxylic acids is 1. The maximum absolute atomic E-state index is 11.8. The van der Waals surface area contributed by atoms with E-state index < -0.39 is 0 Å². The first-order valence-corrected chi connectivity index (χ1v) is 5.91. The largest absolute Gasteiger partial charge is 0.501 e. The Morgan fingerprint density at radius 2 is 1.93 bits per heavy atom. The number of hydrogen-bond donors (Lipinski definition) is 0. The number of ketones is 1. The van der Waals surface area contributed by atoms with Gasteiger partial charge in [-0.15, -0.1) is 0 Å². The van der Waals surface area contributed by atoms with Crippen LogP contribution in [0, 0.1) is 0 Å². The topological polar surface area (TPSA) is 26.3 Å². The minimum atomic E-state index is 0.173. The quantitative estimate of drug-likeness (QED) is 0.649. The normalized spacial score (nSPS) is 21.6. The number of ether oxygens (including phenoxy) is 1. The van der Waals surface area contributed by atoms with Crippen molar-refractivity contribution in [2.75, 3.05) is 6.61 Å². The molecule has 2 nitrogen and oxygen atoms in total. The molecular formula is C13H18O2. The van der Waals surface area contributed by atoms with Crippen molar-refractivity contribution in [1.82, 2.24) is 0 Å². The average molecular weight is 206 g/mol. The SMILES string of the molecule is O=C(C=C1CCCCC1)C1=COCCC1. The monoisotopic (exact) mass is 206 g/mol. The van der Waals surface area contributed by atoms with E-state index in [9.17, 15) is 4.79 Å². The van der Waals surface area contributed by atoms with Gasteiger partial charge in [-0.3, -0.25) is 4.79 Å². The molecule has 15 heavy (non-hydrogen) atoms. The maximum atomic E-state index is 11.8. The van der Waals surface area contributed by atoms with Crippen molar-refractivity contribution in [3.8, 4) is 0 Å². The molecule has 2 aliphatic rings. The van der Waals surface area contributed by atoms with Crippen LogP contribution in [0.25, 0.3) is 0 Å². The predicted octanol–water partition coefficient (Wildman–Crippen LogP) is 3.14. The van der Waals surface area contributed by atoms with Crippen LogP contribution in [-0.2, 0) is 9.53 Å². The summed E-state index contributed by atoms with van der Waals surface area (Å²) in [6.07, 6.45) is 11.4. The van der Waals surface area contributed by atoms with Crippen molar-refractivity contribution >= 4 is 5.78 Å². The third kappa shape index (κ3) is 2.95. The number of allylic oxidation sites excluding steroid dienone is 3. The summed E-state index contributed by atoms with van der Waals surface area (Å²) in [7, 11) is 0. The molecule has 0 atom stereocenters. The second kappa shape index (κ2) is 5.15. The fraction of sp³-hybridized carbons (Fsp3) is 0.615. The van der Waals surface area contributed by atoms with Crippen molar-refractivity contribution in [1.29, 1.82) is 0 Å². The Morgan fingerprint density at radius 1 is 1.13 bits per heavy atom. The number of hydrogen-bond acceptors (Lipinski definition) is 2. The lowest BCUT2D eigenvalue weighted by Gasteiger charge is -2.15. The zero-order chi connectivity index (χ0) is 10.5. The second-order valence-electron chi connectivity index (χ2n) is 4.34. The highest BCUT2D eigenvalue weighted by atomic mass is 16.5. The van der Waals surface area contributed by atoms with Gasteiger partial charge >= 0.3 is 0 Å². The Hall–Kier alpha value is -1.05. The molecule has 1 heterocycles. The Morgan fingerprint density at radius 3 is 2.60 bits per heavy atom. The molecule has 0 N–H and O–H groups in total. The van der Waals surface area contributed by atoms with Crippen LogP contribution in [0.3, 0.4) is 0 Å². The van der Waals surface area contributed by atoms with Gasteiger partial charge in [0.2, 0.25) is 0 Å². The van der Waals surface area contributed by atoms with Gasteiger partial charge in [-0.1, -0.05) is 12.0 Å². The summed E-state index contributed by atoms with van der Waals surface area (Å²) in [5, 5.41) is 0. The Kier molecular flexibility index (Phi) is 3.59. The average Bonchev–Trinajstić information content (AvgIpc) is 2.31. The van der Waals surface area contributed by atoms with E-state index in [1.54, 1.807) is 6.26 Å². The van der Waals surface area contributed by atoms with E-state index in [1.165, 1.54) is 24.8 Å². The highest BCUT2D eigenvalue weighted by molar-refractivity contribution is 6.04. The van der Waals surface area contributed by atoms with Crippen molar-refractivity contribution in [3.63, 3.8) is 0 Å². The van der Waals surface area contributed by atoms with Gasteiger partial charge in [0.25, 0.3) is 0 Å². The van der Waals surface area contributed by atoms with E-state index >= 15 is 0 Å². The molecule has 2 rings (SSSR count). The third-order valence-corrected chi connectivity index (χ3v) is 3.08. The standard InChI is InChI=1S/C13H18O2/c14-13(12-7-4-8-15-10-12)9-11-5-2-1-3-6-11/h9-10H,1-8H2. The summed E-state index contributed by atoms with van der Waals surface area (Å²) in [5.41, 5.74) is 2.18. The lowest BCUT2D eigenvalue weighted by molar-refractivity contribution is -0.111. The summed E-state index contributed by atoms with van der Waals surface area (Å²) in [6.45, 7) is 0.757. The van der Waals surface area contributed by atoms with Crippen LogP contribution in [0.15, 0.2) is 23.5 Å².